The van der Waals surface area contributed by atoms with Crippen LogP contribution in [0.4, 0.5) is 5.69 Å². The summed E-state index contributed by atoms with van der Waals surface area (Å²) in [6.07, 6.45) is 1.36. The van der Waals surface area contributed by atoms with Gasteiger partial charge in [-0.2, -0.15) is 0 Å². The first kappa shape index (κ1) is 15.9. The summed E-state index contributed by atoms with van der Waals surface area (Å²) in [6, 6.07) is 3.21. The molecular weight excluding hydrogens is 337 g/mol. The Morgan fingerprint density at radius 1 is 1.00 bits per heavy atom. The SMILES string of the molecule is COc1ncnc(OC)c1CNc1c(Cl)cc(Cl)cc1Cl. The molecule has 0 spiro atoms. The van der Waals surface area contributed by atoms with E-state index in [4.69, 9.17) is 44.3 Å². The van der Waals surface area contributed by atoms with Crippen molar-refractivity contribution in [2.24, 2.45) is 0 Å². The first-order valence-electron chi connectivity index (χ1n) is 5.87. The first-order valence-corrected chi connectivity index (χ1v) is 7.00. The van der Waals surface area contributed by atoms with Crippen molar-refractivity contribution in [1.29, 1.82) is 0 Å². The zero-order valence-corrected chi connectivity index (χ0v) is 13.6. The molecule has 0 radical (unpaired) electrons. The third-order valence-corrected chi connectivity index (χ3v) is 3.52. The molecule has 0 saturated heterocycles. The van der Waals surface area contributed by atoms with Crippen LogP contribution in [0, 0.1) is 0 Å². The number of halogens is 3. The zero-order chi connectivity index (χ0) is 15.4. The smallest absolute Gasteiger partial charge is 0.225 e. The second kappa shape index (κ2) is 7.02. The molecule has 2 aromatic rings. The van der Waals surface area contributed by atoms with Crippen LogP contribution in [0.15, 0.2) is 18.5 Å². The summed E-state index contributed by atoms with van der Waals surface area (Å²) < 4.78 is 10.4. The van der Waals surface area contributed by atoms with E-state index in [9.17, 15) is 0 Å². The highest BCUT2D eigenvalue weighted by molar-refractivity contribution is 6.41. The molecular formula is C13H12Cl3N3O2. The van der Waals surface area contributed by atoms with Gasteiger partial charge in [-0.3, -0.25) is 0 Å². The van der Waals surface area contributed by atoms with Crippen LogP contribution in [-0.4, -0.2) is 24.2 Å². The summed E-state index contributed by atoms with van der Waals surface area (Å²) >= 11 is 18.1. The first-order chi connectivity index (χ1) is 10.1. The maximum atomic E-state index is 6.12. The largest absolute Gasteiger partial charge is 0.481 e. The van der Waals surface area contributed by atoms with Gasteiger partial charge in [0.1, 0.15) is 6.33 Å². The van der Waals surface area contributed by atoms with Gasteiger partial charge in [0.25, 0.3) is 0 Å². The Hall–Kier alpha value is -1.43. The van der Waals surface area contributed by atoms with Gasteiger partial charge in [-0.25, -0.2) is 9.97 Å². The third-order valence-electron chi connectivity index (χ3n) is 2.70. The summed E-state index contributed by atoms with van der Waals surface area (Å²) in [4.78, 5) is 8.07. The van der Waals surface area contributed by atoms with Gasteiger partial charge in [0.15, 0.2) is 0 Å². The van der Waals surface area contributed by atoms with Crippen LogP contribution in [0.25, 0.3) is 0 Å². The van der Waals surface area contributed by atoms with Crippen LogP contribution in [-0.2, 0) is 6.54 Å². The maximum absolute atomic E-state index is 6.12. The summed E-state index contributed by atoms with van der Waals surface area (Å²) in [7, 11) is 3.04. The van der Waals surface area contributed by atoms with E-state index < -0.39 is 0 Å². The van der Waals surface area contributed by atoms with Crippen molar-refractivity contribution in [1.82, 2.24) is 9.97 Å². The highest BCUT2D eigenvalue weighted by Crippen LogP contribution is 2.35. The number of rotatable bonds is 5. The fourth-order valence-corrected chi connectivity index (χ4v) is 2.72. The average molecular weight is 349 g/mol. The molecule has 1 aromatic heterocycles. The van der Waals surface area contributed by atoms with E-state index in [1.54, 1.807) is 12.1 Å². The van der Waals surface area contributed by atoms with Crippen molar-refractivity contribution in [2.45, 2.75) is 6.54 Å². The van der Waals surface area contributed by atoms with E-state index in [0.29, 0.717) is 44.6 Å². The second-order valence-electron chi connectivity index (χ2n) is 3.97. The third kappa shape index (κ3) is 3.61. The quantitative estimate of drug-likeness (QED) is 0.883. The van der Waals surface area contributed by atoms with E-state index >= 15 is 0 Å². The van der Waals surface area contributed by atoms with Gasteiger partial charge >= 0.3 is 0 Å². The molecule has 0 bridgehead atoms. The van der Waals surface area contributed by atoms with E-state index in [1.165, 1.54) is 20.5 Å². The van der Waals surface area contributed by atoms with E-state index in [2.05, 4.69) is 15.3 Å². The predicted octanol–water partition coefficient (Wildman–Crippen LogP) is 4.07. The number of nitrogens with one attached hydrogen (secondary N) is 1. The molecule has 0 unspecified atom stereocenters. The lowest BCUT2D eigenvalue weighted by Crippen LogP contribution is -2.07. The molecule has 0 aliphatic heterocycles. The molecule has 1 N–H and O–H groups in total. The molecule has 0 aliphatic carbocycles. The van der Waals surface area contributed by atoms with Crippen LogP contribution in [0.5, 0.6) is 11.8 Å². The molecule has 5 nitrogen and oxygen atoms in total. The van der Waals surface area contributed by atoms with Crippen molar-refractivity contribution in [2.75, 3.05) is 19.5 Å². The number of nitrogens with zero attached hydrogens (tertiary/aromatic N) is 2. The topological polar surface area (TPSA) is 56.3 Å². The Bertz CT molecular complexity index is 607. The summed E-state index contributed by atoms with van der Waals surface area (Å²) in [5, 5.41) is 4.42. The molecule has 2 rings (SSSR count). The van der Waals surface area contributed by atoms with Crippen molar-refractivity contribution in [3.63, 3.8) is 0 Å². The van der Waals surface area contributed by atoms with Gasteiger partial charge in [-0.1, -0.05) is 34.8 Å². The number of hydrogen-bond acceptors (Lipinski definition) is 5. The van der Waals surface area contributed by atoms with Gasteiger partial charge in [-0.15, -0.1) is 0 Å². The van der Waals surface area contributed by atoms with Crippen LogP contribution in [0.3, 0.4) is 0 Å². The number of ether oxygens (including phenoxy) is 2. The highest BCUT2D eigenvalue weighted by Gasteiger charge is 2.14. The number of methoxy groups -OCH3 is 2. The summed E-state index contributed by atoms with van der Waals surface area (Å²) in [5.41, 5.74) is 1.22. The Morgan fingerprint density at radius 3 is 2.00 bits per heavy atom. The second-order valence-corrected chi connectivity index (χ2v) is 5.22. The summed E-state index contributed by atoms with van der Waals surface area (Å²) in [6.45, 7) is 0.328. The molecule has 1 heterocycles. The Kier molecular flexibility index (Phi) is 5.33. The molecule has 8 heteroatoms. The number of hydrogen-bond donors (Lipinski definition) is 1. The van der Waals surface area contributed by atoms with Gasteiger partial charge < -0.3 is 14.8 Å². The summed E-state index contributed by atoms with van der Waals surface area (Å²) in [5.74, 6) is 0.825. The van der Waals surface area contributed by atoms with Gasteiger partial charge in [-0.05, 0) is 12.1 Å². The van der Waals surface area contributed by atoms with Crippen LogP contribution < -0.4 is 14.8 Å². The molecule has 21 heavy (non-hydrogen) atoms. The highest BCUT2D eigenvalue weighted by atomic mass is 35.5. The van der Waals surface area contributed by atoms with E-state index in [1.807, 2.05) is 0 Å². The standard InChI is InChI=1S/C13H12Cl3N3O2/c1-20-12-8(13(21-2)19-6-18-12)5-17-11-9(15)3-7(14)4-10(11)16/h3-4,6,17H,5H2,1-2H3. The molecule has 0 saturated carbocycles. The van der Waals surface area contributed by atoms with E-state index in [0.717, 1.165) is 0 Å². The number of anilines is 1. The van der Waals surface area contributed by atoms with E-state index in [-0.39, 0.29) is 0 Å². The lowest BCUT2D eigenvalue weighted by molar-refractivity contribution is 0.363. The fourth-order valence-electron chi connectivity index (χ4n) is 1.77. The zero-order valence-electron chi connectivity index (χ0n) is 11.3. The Balaban J connectivity index is 2.28. The maximum Gasteiger partial charge on any atom is 0.225 e. The van der Waals surface area contributed by atoms with Crippen LogP contribution in [0.1, 0.15) is 5.56 Å². The van der Waals surface area contributed by atoms with Crippen molar-refractivity contribution >= 4 is 40.5 Å². The average Bonchev–Trinajstić information content (AvgIpc) is 2.45. The molecule has 0 aliphatic rings. The Labute approximate surface area is 137 Å². The molecule has 0 amide bonds. The fraction of sp³-hybridized carbons (Fsp3) is 0.231. The van der Waals surface area contributed by atoms with Crippen molar-refractivity contribution in [3.8, 4) is 11.8 Å². The minimum absolute atomic E-state index is 0.328. The predicted molar refractivity (Wildman–Crippen MR) is 83.9 cm³/mol. The number of benzene rings is 1. The minimum atomic E-state index is 0.328. The van der Waals surface area contributed by atoms with Gasteiger partial charge in [0.05, 0.1) is 42.1 Å². The van der Waals surface area contributed by atoms with Crippen LogP contribution >= 0.6 is 34.8 Å². The minimum Gasteiger partial charge on any atom is -0.481 e. The normalized spacial score (nSPS) is 10.3. The van der Waals surface area contributed by atoms with Gasteiger partial charge in [0.2, 0.25) is 11.8 Å². The molecule has 1 aromatic carbocycles. The molecule has 0 fully saturated rings. The van der Waals surface area contributed by atoms with Crippen molar-refractivity contribution in [3.05, 3.63) is 39.1 Å². The lowest BCUT2D eigenvalue weighted by atomic mass is 10.2. The van der Waals surface area contributed by atoms with Crippen LogP contribution in [0.2, 0.25) is 15.1 Å². The number of aromatic nitrogens is 2. The molecule has 0 atom stereocenters. The Morgan fingerprint density at radius 2 is 1.52 bits per heavy atom. The monoisotopic (exact) mass is 347 g/mol. The molecule has 112 valence electrons. The lowest BCUT2D eigenvalue weighted by Gasteiger charge is -2.14. The van der Waals surface area contributed by atoms with Crippen molar-refractivity contribution < 1.29 is 9.47 Å². The van der Waals surface area contributed by atoms with Gasteiger partial charge in [0, 0.05) is 5.02 Å².